The van der Waals surface area contributed by atoms with Gasteiger partial charge in [0.05, 0.1) is 16.1 Å². The van der Waals surface area contributed by atoms with E-state index in [1.54, 1.807) is 12.1 Å². The first-order valence-corrected chi connectivity index (χ1v) is 6.22. The molecular formula is C13H11F2NOS. The number of hydrogen-bond donors (Lipinski definition) is 1. The molecule has 0 unspecified atom stereocenters. The molecule has 1 aromatic carbocycles. The van der Waals surface area contributed by atoms with Gasteiger partial charge in [-0.1, -0.05) is 6.92 Å². The Kier molecular flexibility index (Phi) is 3.43. The van der Waals surface area contributed by atoms with Gasteiger partial charge in [0.2, 0.25) is 5.78 Å². The van der Waals surface area contributed by atoms with Crippen molar-refractivity contribution in [1.82, 2.24) is 0 Å². The molecule has 0 radical (unpaired) electrons. The molecule has 5 heteroatoms. The molecule has 0 spiro atoms. The van der Waals surface area contributed by atoms with Gasteiger partial charge in [0.1, 0.15) is 5.82 Å². The minimum Gasteiger partial charge on any atom is -0.396 e. The van der Waals surface area contributed by atoms with Gasteiger partial charge in [0, 0.05) is 4.88 Å². The quantitative estimate of drug-likeness (QED) is 0.684. The summed E-state index contributed by atoms with van der Waals surface area (Å²) in [5.74, 6) is -2.12. The lowest BCUT2D eigenvalue weighted by Gasteiger charge is -2.03. The monoisotopic (exact) mass is 267 g/mol. The highest BCUT2D eigenvalue weighted by atomic mass is 32.1. The molecule has 0 saturated carbocycles. The van der Waals surface area contributed by atoms with Crippen LogP contribution in [0.3, 0.4) is 0 Å². The van der Waals surface area contributed by atoms with E-state index >= 15 is 0 Å². The van der Waals surface area contributed by atoms with Gasteiger partial charge in [0.15, 0.2) is 5.82 Å². The van der Waals surface area contributed by atoms with Crippen LogP contribution in [0.25, 0.3) is 0 Å². The van der Waals surface area contributed by atoms with Gasteiger partial charge in [-0.15, -0.1) is 11.3 Å². The molecule has 0 bridgehead atoms. The number of nitrogen functional groups attached to an aromatic ring is 1. The summed E-state index contributed by atoms with van der Waals surface area (Å²) >= 11 is 1.28. The largest absolute Gasteiger partial charge is 0.396 e. The number of hydrogen-bond acceptors (Lipinski definition) is 3. The van der Waals surface area contributed by atoms with Crippen LogP contribution >= 0.6 is 11.3 Å². The fourth-order valence-electron chi connectivity index (χ4n) is 1.60. The number of halogens is 2. The van der Waals surface area contributed by atoms with Crippen LogP contribution in [-0.4, -0.2) is 5.78 Å². The summed E-state index contributed by atoms with van der Waals surface area (Å²) in [5, 5.41) is 0. The first-order chi connectivity index (χ1) is 8.52. The van der Waals surface area contributed by atoms with Crippen LogP contribution in [0.2, 0.25) is 0 Å². The van der Waals surface area contributed by atoms with Crippen molar-refractivity contribution in [2.24, 2.45) is 0 Å². The molecule has 18 heavy (non-hydrogen) atoms. The SMILES string of the molecule is CCc1ccc(C(=O)c2cc(F)cc(N)c2F)s1. The maximum atomic E-state index is 13.7. The summed E-state index contributed by atoms with van der Waals surface area (Å²) in [6, 6.07) is 5.15. The van der Waals surface area contributed by atoms with E-state index in [1.807, 2.05) is 6.92 Å². The summed E-state index contributed by atoms with van der Waals surface area (Å²) in [6.45, 7) is 1.96. The Hall–Kier alpha value is -1.75. The first-order valence-electron chi connectivity index (χ1n) is 5.41. The maximum absolute atomic E-state index is 13.7. The first kappa shape index (κ1) is 12.7. The fraction of sp³-hybridized carbons (Fsp3) is 0.154. The molecule has 0 saturated heterocycles. The van der Waals surface area contributed by atoms with Crippen LogP contribution in [0.15, 0.2) is 24.3 Å². The molecule has 2 nitrogen and oxygen atoms in total. The number of benzene rings is 1. The lowest BCUT2D eigenvalue weighted by Crippen LogP contribution is -2.06. The van der Waals surface area contributed by atoms with Crippen LogP contribution in [0.5, 0.6) is 0 Å². The van der Waals surface area contributed by atoms with Gasteiger partial charge in [-0.3, -0.25) is 4.79 Å². The summed E-state index contributed by atoms with van der Waals surface area (Å²) in [7, 11) is 0. The molecule has 2 rings (SSSR count). The Bertz CT molecular complexity index is 607. The van der Waals surface area contributed by atoms with E-state index < -0.39 is 17.4 Å². The zero-order valence-corrected chi connectivity index (χ0v) is 10.5. The molecule has 0 aliphatic rings. The normalized spacial score (nSPS) is 10.6. The lowest BCUT2D eigenvalue weighted by atomic mass is 10.1. The predicted octanol–water partition coefficient (Wildman–Crippen LogP) is 3.40. The standard InChI is InChI=1S/C13H11F2NOS/c1-2-8-3-4-11(18-8)13(17)9-5-7(14)6-10(16)12(9)15/h3-6H,2,16H2,1H3. The number of thiophene rings is 1. The minimum absolute atomic E-state index is 0.322. The van der Waals surface area contributed by atoms with E-state index in [2.05, 4.69) is 0 Å². The molecule has 2 aromatic rings. The van der Waals surface area contributed by atoms with Gasteiger partial charge in [-0.25, -0.2) is 8.78 Å². The number of rotatable bonds is 3. The predicted molar refractivity (Wildman–Crippen MR) is 67.9 cm³/mol. The lowest BCUT2D eigenvalue weighted by molar-refractivity contribution is 0.103. The highest BCUT2D eigenvalue weighted by molar-refractivity contribution is 7.14. The van der Waals surface area contributed by atoms with Crippen molar-refractivity contribution in [3.63, 3.8) is 0 Å². The van der Waals surface area contributed by atoms with Crippen LogP contribution in [-0.2, 0) is 6.42 Å². The van der Waals surface area contributed by atoms with E-state index in [4.69, 9.17) is 5.73 Å². The molecule has 0 aliphatic carbocycles. The molecular weight excluding hydrogens is 256 g/mol. The number of anilines is 1. The Labute approximate surface area is 107 Å². The second-order valence-electron chi connectivity index (χ2n) is 3.81. The summed E-state index contributed by atoms with van der Waals surface area (Å²) in [5.41, 5.74) is 4.63. The topological polar surface area (TPSA) is 43.1 Å². The summed E-state index contributed by atoms with van der Waals surface area (Å²) in [6.07, 6.45) is 0.797. The molecule has 2 N–H and O–H groups in total. The van der Waals surface area contributed by atoms with Crippen molar-refractivity contribution in [2.75, 3.05) is 5.73 Å². The molecule has 0 fully saturated rings. The molecule has 94 valence electrons. The van der Waals surface area contributed by atoms with Crippen molar-refractivity contribution in [2.45, 2.75) is 13.3 Å². The highest BCUT2D eigenvalue weighted by Crippen LogP contribution is 2.24. The third-order valence-electron chi connectivity index (χ3n) is 2.54. The van der Waals surface area contributed by atoms with Crippen molar-refractivity contribution in [3.05, 3.63) is 51.2 Å². The molecule has 0 aliphatic heterocycles. The van der Waals surface area contributed by atoms with Crippen LogP contribution in [0.1, 0.15) is 27.0 Å². The highest BCUT2D eigenvalue weighted by Gasteiger charge is 2.19. The maximum Gasteiger partial charge on any atom is 0.206 e. The third kappa shape index (κ3) is 2.26. The van der Waals surface area contributed by atoms with Crippen LogP contribution in [0.4, 0.5) is 14.5 Å². The Morgan fingerprint density at radius 3 is 2.67 bits per heavy atom. The second-order valence-corrected chi connectivity index (χ2v) is 4.97. The number of carbonyl (C=O) groups excluding carboxylic acids is 1. The third-order valence-corrected chi connectivity index (χ3v) is 3.77. The zero-order valence-electron chi connectivity index (χ0n) is 9.67. The zero-order chi connectivity index (χ0) is 13.3. The average molecular weight is 267 g/mol. The van der Waals surface area contributed by atoms with Gasteiger partial charge in [-0.05, 0) is 30.7 Å². The Morgan fingerprint density at radius 2 is 2.06 bits per heavy atom. The van der Waals surface area contributed by atoms with Gasteiger partial charge in [0.25, 0.3) is 0 Å². The van der Waals surface area contributed by atoms with Gasteiger partial charge in [-0.2, -0.15) is 0 Å². The Balaban J connectivity index is 2.45. The number of nitrogens with two attached hydrogens (primary N) is 1. The van der Waals surface area contributed by atoms with E-state index in [0.29, 0.717) is 4.88 Å². The minimum atomic E-state index is -0.868. The number of ketones is 1. The number of carbonyl (C=O) groups is 1. The molecule has 0 atom stereocenters. The van der Waals surface area contributed by atoms with Crippen LogP contribution in [0, 0.1) is 11.6 Å². The smallest absolute Gasteiger partial charge is 0.206 e. The fourth-order valence-corrected chi connectivity index (χ4v) is 2.50. The van der Waals surface area contributed by atoms with E-state index in [0.717, 1.165) is 23.4 Å². The van der Waals surface area contributed by atoms with E-state index in [9.17, 15) is 13.6 Å². The average Bonchev–Trinajstić information content (AvgIpc) is 2.81. The molecule has 1 heterocycles. The van der Waals surface area contributed by atoms with Crippen molar-refractivity contribution < 1.29 is 13.6 Å². The summed E-state index contributed by atoms with van der Waals surface area (Å²) < 4.78 is 26.9. The van der Waals surface area contributed by atoms with Crippen LogP contribution < -0.4 is 5.73 Å². The molecule has 1 aromatic heterocycles. The Morgan fingerprint density at radius 1 is 1.33 bits per heavy atom. The molecule has 0 amide bonds. The second kappa shape index (κ2) is 4.86. The van der Waals surface area contributed by atoms with Crippen molar-refractivity contribution >= 4 is 22.8 Å². The number of aryl methyl sites for hydroxylation is 1. The van der Waals surface area contributed by atoms with Crippen molar-refractivity contribution in [3.8, 4) is 0 Å². The van der Waals surface area contributed by atoms with Crippen molar-refractivity contribution in [1.29, 1.82) is 0 Å². The van der Waals surface area contributed by atoms with Gasteiger partial charge < -0.3 is 5.73 Å². The van der Waals surface area contributed by atoms with E-state index in [-0.39, 0.29) is 11.3 Å². The van der Waals surface area contributed by atoms with E-state index in [1.165, 1.54) is 11.3 Å². The van der Waals surface area contributed by atoms with Gasteiger partial charge >= 0.3 is 0 Å². The summed E-state index contributed by atoms with van der Waals surface area (Å²) in [4.78, 5) is 13.5.